The van der Waals surface area contributed by atoms with Gasteiger partial charge in [0.05, 0.1) is 0 Å². The van der Waals surface area contributed by atoms with Gasteiger partial charge in [0.2, 0.25) is 0 Å². The number of carbonyl (C=O) groups excluding carboxylic acids is 2. The molecule has 0 bridgehead atoms. The number of ether oxygens (including phenoxy) is 2. The van der Waals surface area contributed by atoms with Crippen LogP contribution in [0.4, 0.5) is 14.5 Å². The number of anilines is 1. The van der Waals surface area contributed by atoms with E-state index >= 15 is 0 Å². The second-order valence-corrected chi connectivity index (χ2v) is 4.82. The van der Waals surface area contributed by atoms with Gasteiger partial charge >= 0.3 is 6.61 Å². The molecule has 24 heavy (non-hydrogen) atoms. The topological polar surface area (TPSA) is 64.6 Å². The van der Waals surface area contributed by atoms with Gasteiger partial charge in [0, 0.05) is 11.3 Å². The van der Waals surface area contributed by atoms with Crippen LogP contribution < -0.4 is 14.8 Å². The van der Waals surface area contributed by atoms with Crippen molar-refractivity contribution >= 4 is 17.4 Å². The molecular weight excluding hydrogens is 320 g/mol. The van der Waals surface area contributed by atoms with Gasteiger partial charge in [-0.1, -0.05) is 0 Å². The van der Waals surface area contributed by atoms with Crippen molar-refractivity contribution in [3.8, 4) is 11.5 Å². The number of ketones is 1. The number of nitrogens with one attached hydrogen (secondary N) is 1. The Hall–Kier alpha value is -2.96. The fraction of sp³-hybridized carbons (Fsp3) is 0.176. The lowest BCUT2D eigenvalue weighted by molar-refractivity contribution is -0.118. The lowest BCUT2D eigenvalue weighted by Crippen LogP contribution is -2.20. The first kappa shape index (κ1) is 17.4. The Kier molecular flexibility index (Phi) is 5.83. The maximum atomic E-state index is 12.0. The van der Waals surface area contributed by atoms with Crippen molar-refractivity contribution in [3.63, 3.8) is 0 Å². The van der Waals surface area contributed by atoms with Gasteiger partial charge in [-0.3, -0.25) is 9.59 Å². The maximum absolute atomic E-state index is 12.0. The molecule has 126 valence electrons. The van der Waals surface area contributed by atoms with E-state index in [-0.39, 0.29) is 18.1 Å². The number of alkyl halides is 2. The van der Waals surface area contributed by atoms with E-state index in [4.69, 9.17) is 4.74 Å². The first-order chi connectivity index (χ1) is 11.4. The normalized spacial score (nSPS) is 10.3. The van der Waals surface area contributed by atoms with Crippen LogP contribution >= 0.6 is 0 Å². The molecule has 7 heteroatoms. The smallest absolute Gasteiger partial charge is 0.387 e. The van der Waals surface area contributed by atoms with Gasteiger partial charge in [-0.2, -0.15) is 8.78 Å². The molecule has 0 unspecified atom stereocenters. The molecule has 0 saturated carbocycles. The van der Waals surface area contributed by atoms with Gasteiger partial charge < -0.3 is 14.8 Å². The Balaban J connectivity index is 1.83. The Morgan fingerprint density at radius 2 is 1.58 bits per heavy atom. The van der Waals surface area contributed by atoms with E-state index in [1.54, 1.807) is 24.3 Å². The predicted molar refractivity (Wildman–Crippen MR) is 83.6 cm³/mol. The molecule has 0 fully saturated rings. The molecule has 0 aromatic heterocycles. The average Bonchev–Trinajstić information content (AvgIpc) is 2.54. The molecule has 2 aromatic carbocycles. The quantitative estimate of drug-likeness (QED) is 0.787. The summed E-state index contributed by atoms with van der Waals surface area (Å²) in [7, 11) is 0. The molecule has 0 atom stereocenters. The third kappa shape index (κ3) is 5.35. The summed E-state index contributed by atoms with van der Waals surface area (Å²) in [6, 6.07) is 11.9. The summed E-state index contributed by atoms with van der Waals surface area (Å²) in [5.41, 5.74) is 0.982. The Morgan fingerprint density at radius 1 is 1.00 bits per heavy atom. The summed E-state index contributed by atoms with van der Waals surface area (Å²) in [5, 5.41) is 2.56. The highest BCUT2D eigenvalue weighted by atomic mass is 19.3. The molecule has 2 rings (SSSR count). The van der Waals surface area contributed by atoms with Crippen LogP contribution in [-0.2, 0) is 4.79 Å². The highest BCUT2D eigenvalue weighted by Crippen LogP contribution is 2.18. The van der Waals surface area contributed by atoms with Crippen molar-refractivity contribution < 1.29 is 27.8 Å². The maximum Gasteiger partial charge on any atom is 0.387 e. The van der Waals surface area contributed by atoms with Gasteiger partial charge in [0.1, 0.15) is 11.5 Å². The Bertz CT molecular complexity index is 700. The van der Waals surface area contributed by atoms with Gasteiger partial charge in [-0.25, -0.2) is 0 Å². The number of amides is 1. The second-order valence-electron chi connectivity index (χ2n) is 4.82. The molecule has 1 amide bonds. The van der Waals surface area contributed by atoms with Crippen LogP contribution in [0.2, 0.25) is 0 Å². The minimum Gasteiger partial charge on any atom is -0.484 e. The standard InChI is InChI=1S/C17H15F2NO4/c1-11(21)12-2-6-14(7-3-12)23-10-16(22)20-13-4-8-15(9-5-13)24-17(18)19/h2-9,17H,10H2,1H3,(H,20,22). The number of carbonyl (C=O) groups is 2. The third-order valence-electron chi connectivity index (χ3n) is 2.99. The molecule has 5 nitrogen and oxygen atoms in total. The summed E-state index contributed by atoms with van der Waals surface area (Å²) < 4.78 is 33.6. The zero-order valence-electron chi connectivity index (χ0n) is 12.8. The van der Waals surface area contributed by atoms with E-state index in [0.717, 1.165) is 0 Å². The summed E-state index contributed by atoms with van der Waals surface area (Å²) in [4.78, 5) is 22.9. The largest absolute Gasteiger partial charge is 0.484 e. The summed E-state index contributed by atoms with van der Waals surface area (Å²) in [6.07, 6.45) is 0. The Morgan fingerprint density at radius 3 is 2.12 bits per heavy atom. The highest BCUT2D eigenvalue weighted by Gasteiger charge is 2.07. The van der Waals surface area contributed by atoms with Crippen molar-refractivity contribution in [2.75, 3.05) is 11.9 Å². The van der Waals surface area contributed by atoms with Crippen LogP contribution in [0.15, 0.2) is 48.5 Å². The van der Waals surface area contributed by atoms with E-state index in [1.165, 1.54) is 31.2 Å². The second kappa shape index (κ2) is 8.05. The van der Waals surface area contributed by atoms with Gasteiger partial charge in [0.15, 0.2) is 12.4 Å². The number of hydrogen-bond acceptors (Lipinski definition) is 4. The molecule has 0 radical (unpaired) electrons. The van der Waals surface area contributed by atoms with Crippen LogP contribution in [0, 0.1) is 0 Å². The van der Waals surface area contributed by atoms with Crippen molar-refractivity contribution in [2.45, 2.75) is 13.5 Å². The minimum absolute atomic E-state index is 0.00445. The van der Waals surface area contributed by atoms with Gasteiger partial charge in [-0.15, -0.1) is 0 Å². The molecule has 0 aliphatic rings. The van der Waals surface area contributed by atoms with E-state index in [9.17, 15) is 18.4 Å². The first-order valence-corrected chi connectivity index (χ1v) is 7.02. The van der Waals surface area contributed by atoms with E-state index in [2.05, 4.69) is 10.1 Å². The zero-order valence-corrected chi connectivity index (χ0v) is 12.8. The van der Waals surface area contributed by atoms with Crippen molar-refractivity contribution in [1.82, 2.24) is 0 Å². The SMILES string of the molecule is CC(=O)c1ccc(OCC(=O)Nc2ccc(OC(F)F)cc2)cc1. The van der Waals surface area contributed by atoms with Gasteiger partial charge in [0.25, 0.3) is 5.91 Å². The van der Waals surface area contributed by atoms with E-state index in [0.29, 0.717) is 17.0 Å². The number of hydrogen-bond donors (Lipinski definition) is 1. The molecule has 0 saturated heterocycles. The Labute approximate surface area is 137 Å². The van der Waals surface area contributed by atoms with Crippen molar-refractivity contribution in [2.24, 2.45) is 0 Å². The molecular formula is C17H15F2NO4. The molecule has 0 aliphatic heterocycles. The van der Waals surface area contributed by atoms with E-state index < -0.39 is 12.5 Å². The number of benzene rings is 2. The van der Waals surface area contributed by atoms with E-state index in [1.807, 2.05) is 0 Å². The van der Waals surface area contributed by atoms with Crippen LogP contribution in [0.3, 0.4) is 0 Å². The predicted octanol–water partition coefficient (Wildman–Crippen LogP) is 3.51. The van der Waals surface area contributed by atoms with Crippen molar-refractivity contribution in [1.29, 1.82) is 0 Å². The monoisotopic (exact) mass is 335 g/mol. The molecule has 0 aliphatic carbocycles. The van der Waals surface area contributed by atoms with Crippen molar-refractivity contribution in [3.05, 3.63) is 54.1 Å². The van der Waals surface area contributed by atoms with Gasteiger partial charge in [-0.05, 0) is 55.5 Å². The summed E-state index contributed by atoms with van der Waals surface area (Å²) in [6.45, 7) is -1.66. The molecule has 2 aromatic rings. The average molecular weight is 335 g/mol. The van der Waals surface area contributed by atoms with Crippen LogP contribution in [0.5, 0.6) is 11.5 Å². The molecule has 0 spiro atoms. The first-order valence-electron chi connectivity index (χ1n) is 7.02. The number of Topliss-reactive ketones (excluding diaryl/α,β-unsaturated/α-hetero) is 1. The summed E-state index contributed by atoms with van der Waals surface area (Å²) >= 11 is 0. The van der Waals surface area contributed by atoms with Crippen LogP contribution in [0.25, 0.3) is 0 Å². The number of rotatable bonds is 7. The molecule has 1 N–H and O–H groups in total. The highest BCUT2D eigenvalue weighted by molar-refractivity contribution is 5.94. The minimum atomic E-state index is -2.90. The summed E-state index contributed by atoms with van der Waals surface area (Å²) in [5.74, 6) is -0.00706. The lowest BCUT2D eigenvalue weighted by atomic mass is 10.1. The zero-order chi connectivity index (χ0) is 17.5. The fourth-order valence-electron chi connectivity index (χ4n) is 1.85. The fourth-order valence-corrected chi connectivity index (χ4v) is 1.85. The lowest BCUT2D eigenvalue weighted by Gasteiger charge is -2.09. The van der Waals surface area contributed by atoms with Crippen LogP contribution in [0.1, 0.15) is 17.3 Å². The molecule has 0 heterocycles. The number of halogens is 2. The van der Waals surface area contributed by atoms with Crippen LogP contribution in [-0.4, -0.2) is 24.9 Å². The third-order valence-corrected chi connectivity index (χ3v) is 2.99.